The second-order valence-corrected chi connectivity index (χ2v) is 5.95. The van der Waals surface area contributed by atoms with Crippen LogP contribution in [0.2, 0.25) is 0 Å². The summed E-state index contributed by atoms with van der Waals surface area (Å²) in [5, 5.41) is 6.82. The molecule has 1 saturated heterocycles. The van der Waals surface area contributed by atoms with Crippen molar-refractivity contribution < 1.29 is 9.32 Å². The van der Waals surface area contributed by atoms with Gasteiger partial charge < -0.3 is 19.6 Å². The van der Waals surface area contributed by atoms with Crippen molar-refractivity contribution in [3.8, 4) is 0 Å². The molecule has 0 unspecified atom stereocenters. The summed E-state index contributed by atoms with van der Waals surface area (Å²) < 4.78 is 5.33. The largest absolute Gasteiger partial charge is 0.363 e. The molecule has 122 valence electrons. The summed E-state index contributed by atoms with van der Waals surface area (Å²) in [5.74, 6) is 1.59. The van der Waals surface area contributed by atoms with Crippen molar-refractivity contribution in [1.82, 2.24) is 15.0 Å². The van der Waals surface area contributed by atoms with Crippen molar-refractivity contribution in [3.05, 3.63) is 35.9 Å². The molecule has 3 heterocycles. The summed E-state index contributed by atoms with van der Waals surface area (Å²) in [6.07, 6.45) is 3.51. The number of aryl methyl sites for hydroxylation is 1. The molecule has 7 heteroatoms. The van der Waals surface area contributed by atoms with Gasteiger partial charge in [-0.25, -0.2) is 9.78 Å². The van der Waals surface area contributed by atoms with Gasteiger partial charge in [-0.3, -0.25) is 0 Å². The van der Waals surface area contributed by atoms with Gasteiger partial charge in [-0.15, -0.1) is 0 Å². The molecular weight excluding hydrogens is 294 g/mol. The number of aromatic nitrogens is 2. The molecule has 0 bridgehead atoms. The number of nitrogens with zero attached hydrogens (tertiary/aromatic N) is 4. The fraction of sp³-hybridized carbons (Fsp3) is 0.438. The SMILES string of the molecule is Cc1cc([C@H]2CCCN2C(=O)Nc2ccc(N(C)C)nc2)on1. The number of hydrogen-bond donors (Lipinski definition) is 1. The van der Waals surface area contributed by atoms with Crippen LogP contribution in [0.4, 0.5) is 16.3 Å². The minimum atomic E-state index is -0.138. The van der Waals surface area contributed by atoms with Crippen LogP contribution in [0.25, 0.3) is 0 Å². The molecule has 1 atom stereocenters. The number of hydrogen-bond acceptors (Lipinski definition) is 5. The molecule has 7 nitrogen and oxygen atoms in total. The first-order valence-corrected chi connectivity index (χ1v) is 7.69. The number of anilines is 2. The van der Waals surface area contributed by atoms with Gasteiger partial charge in [0.15, 0.2) is 5.76 Å². The standard InChI is InChI=1S/C16H21N5O2/c1-11-9-14(23-19-11)13-5-4-8-21(13)16(22)18-12-6-7-15(17-10-12)20(2)3/h6-7,9-10,13H,4-5,8H2,1-3H3,(H,18,22)/t13-/m1/s1. The molecule has 0 radical (unpaired) electrons. The van der Waals surface area contributed by atoms with Crippen LogP contribution < -0.4 is 10.2 Å². The molecule has 3 rings (SSSR count). The highest BCUT2D eigenvalue weighted by Crippen LogP contribution is 2.32. The Morgan fingerprint density at radius 1 is 1.43 bits per heavy atom. The minimum absolute atomic E-state index is 0.0507. The molecule has 2 aromatic rings. The number of urea groups is 1. The normalized spacial score (nSPS) is 17.3. The van der Waals surface area contributed by atoms with Gasteiger partial charge in [-0.1, -0.05) is 5.16 Å². The molecule has 0 saturated carbocycles. The smallest absolute Gasteiger partial charge is 0.322 e. The van der Waals surface area contributed by atoms with E-state index in [9.17, 15) is 4.79 Å². The van der Waals surface area contributed by atoms with Gasteiger partial charge in [0.05, 0.1) is 23.6 Å². The molecule has 0 aliphatic carbocycles. The van der Waals surface area contributed by atoms with Crippen molar-refractivity contribution in [2.45, 2.75) is 25.8 Å². The minimum Gasteiger partial charge on any atom is -0.363 e. The van der Waals surface area contributed by atoms with E-state index in [1.54, 1.807) is 11.1 Å². The van der Waals surface area contributed by atoms with Crippen LogP contribution in [-0.2, 0) is 0 Å². The van der Waals surface area contributed by atoms with E-state index in [0.717, 1.165) is 30.1 Å². The lowest BCUT2D eigenvalue weighted by Crippen LogP contribution is -2.34. The van der Waals surface area contributed by atoms with Crippen LogP contribution in [0.5, 0.6) is 0 Å². The van der Waals surface area contributed by atoms with Gasteiger partial charge in [-0.2, -0.15) is 0 Å². The molecule has 0 spiro atoms. The van der Waals surface area contributed by atoms with Crippen molar-refractivity contribution >= 4 is 17.5 Å². The Balaban J connectivity index is 1.69. The Labute approximate surface area is 135 Å². The van der Waals surface area contributed by atoms with Crippen LogP contribution in [0.3, 0.4) is 0 Å². The third-order valence-corrected chi connectivity index (χ3v) is 3.95. The predicted octanol–water partition coefficient (Wildman–Crippen LogP) is 2.81. The number of likely N-dealkylation sites (tertiary alicyclic amines) is 1. The Kier molecular flexibility index (Phi) is 4.18. The average molecular weight is 315 g/mol. The van der Waals surface area contributed by atoms with Crippen LogP contribution in [0, 0.1) is 6.92 Å². The molecule has 1 N–H and O–H groups in total. The maximum Gasteiger partial charge on any atom is 0.322 e. The Bertz CT molecular complexity index is 680. The number of carbonyl (C=O) groups excluding carboxylic acids is 1. The van der Waals surface area contributed by atoms with Crippen molar-refractivity contribution in [1.29, 1.82) is 0 Å². The quantitative estimate of drug-likeness (QED) is 0.942. The third-order valence-electron chi connectivity index (χ3n) is 3.95. The fourth-order valence-electron chi connectivity index (χ4n) is 2.77. The zero-order valence-electron chi connectivity index (χ0n) is 13.6. The van der Waals surface area contributed by atoms with Gasteiger partial charge in [0.1, 0.15) is 5.82 Å². The van der Waals surface area contributed by atoms with E-state index in [1.165, 1.54) is 0 Å². The average Bonchev–Trinajstić information content (AvgIpc) is 3.16. The number of rotatable bonds is 3. The van der Waals surface area contributed by atoms with Gasteiger partial charge >= 0.3 is 6.03 Å². The molecule has 2 amide bonds. The van der Waals surface area contributed by atoms with E-state index in [4.69, 9.17) is 4.52 Å². The fourth-order valence-corrected chi connectivity index (χ4v) is 2.77. The second-order valence-electron chi connectivity index (χ2n) is 5.95. The number of nitrogens with one attached hydrogen (secondary N) is 1. The van der Waals surface area contributed by atoms with Gasteiger partial charge in [0, 0.05) is 26.7 Å². The lowest BCUT2D eigenvalue weighted by Gasteiger charge is -2.23. The van der Waals surface area contributed by atoms with E-state index in [1.807, 2.05) is 44.1 Å². The third kappa shape index (κ3) is 3.28. The maximum absolute atomic E-state index is 12.5. The van der Waals surface area contributed by atoms with Crippen LogP contribution >= 0.6 is 0 Å². The summed E-state index contributed by atoms with van der Waals surface area (Å²) in [5.41, 5.74) is 1.51. The highest BCUT2D eigenvalue weighted by molar-refractivity contribution is 5.89. The number of amides is 2. The van der Waals surface area contributed by atoms with Gasteiger partial charge in [-0.05, 0) is 31.9 Å². The highest BCUT2D eigenvalue weighted by atomic mass is 16.5. The van der Waals surface area contributed by atoms with Crippen molar-refractivity contribution in [2.24, 2.45) is 0 Å². The molecule has 0 aromatic carbocycles. The van der Waals surface area contributed by atoms with E-state index in [0.29, 0.717) is 12.2 Å². The van der Waals surface area contributed by atoms with Crippen molar-refractivity contribution in [3.63, 3.8) is 0 Å². The molecule has 1 aliphatic heterocycles. The highest BCUT2D eigenvalue weighted by Gasteiger charge is 2.32. The zero-order valence-corrected chi connectivity index (χ0v) is 13.6. The summed E-state index contributed by atoms with van der Waals surface area (Å²) >= 11 is 0. The Morgan fingerprint density at radius 2 is 2.26 bits per heavy atom. The number of carbonyl (C=O) groups is 1. The van der Waals surface area contributed by atoms with Crippen molar-refractivity contribution in [2.75, 3.05) is 30.9 Å². The van der Waals surface area contributed by atoms with E-state index < -0.39 is 0 Å². The Hall–Kier alpha value is -2.57. The zero-order chi connectivity index (χ0) is 16.4. The van der Waals surface area contributed by atoms with Crippen LogP contribution in [-0.4, -0.2) is 41.7 Å². The van der Waals surface area contributed by atoms with E-state index in [2.05, 4.69) is 15.5 Å². The van der Waals surface area contributed by atoms with E-state index in [-0.39, 0.29) is 12.1 Å². The van der Waals surface area contributed by atoms with Gasteiger partial charge in [0.25, 0.3) is 0 Å². The predicted molar refractivity (Wildman–Crippen MR) is 87.5 cm³/mol. The molecule has 1 aliphatic rings. The summed E-state index contributed by atoms with van der Waals surface area (Å²) in [4.78, 5) is 20.5. The lowest BCUT2D eigenvalue weighted by atomic mass is 10.1. The topological polar surface area (TPSA) is 74.5 Å². The summed E-state index contributed by atoms with van der Waals surface area (Å²) in [6, 6.07) is 5.43. The molecule has 23 heavy (non-hydrogen) atoms. The van der Waals surface area contributed by atoms with Crippen LogP contribution in [0.15, 0.2) is 28.9 Å². The molecule has 1 fully saturated rings. The summed E-state index contributed by atoms with van der Waals surface area (Å²) in [7, 11) is 3.85. The monoisotopic (exact) mass is 315 g/mol. The van der Waals surface area contributed by atoms with Gasteiger partial charge in [0.2, 0.25) is 0 Å². The summed E-state index contributed by atoms with van der Waals surface area (Å²) in [6.45, 7) is 2.59. The second kappa shape index (κ2) is 6.28. The lowest BCUT2D eigenvalue weighted by molar-refractivity contribution is 0.195. The molecular formula is C16H21N5O2. The first-order valence-electron chi connectivity index (χ1n) is 7.69. The number of pyridine rings is 1. The first-order chi connectivity index (χ1) is 11.0. The first kappa shape index (κ1) is 15.3. The Morgan fingerprint density at radius 3 is 2.87 bits per heavy atom. The molecule has 2 aromatic heterocycles. The maximum atomic E-state index is 12.5. The van der Waals surface area contributed by atoms with Crippen LogP contribution in [0.1, 0.15) is 30.3 Å². The van der Waals surface area contributed by atoms with E-state index >= 15 is 0 Å².